The second-order valence-corrected chi connectivity index (χ2v) is 5.57. The predicted octanol–water partition coefficient (Wildman–Crippen LogP) is 1.18. The van der Waals surface area contributed by atoms with Gasteiger partial charge in [-0.2, -0.15) is 0 Å². The topological polar surface area (TPSA) is 84.2 Å². The summed E-state index contributed by atoms with van der Waals surface area (Å²) < 4.78 is 0. The summed E-state index contributed by atoms with van der Waals surface area (Å²) >= 11 is 0. The summed E-state index contributed by atoms with van der Waals surface area (Å²) in [6, 6.07) is 7.04. The number of carbonyl (C=O) groups is 2. The Balaban J connectivity index is 1.73. The Morgan fingerprint density at radius 2 is 2.05 bits per heavy atom. The first-order valence-corrected chi connectivity index (χ1v) is 7.51. The molecule has 2 amide bonds. The SMILES string of the molecule is NC(=O)c1cccc(CNC(=O)CCC2CCNCC2)c1. The van der Waals surface area contributed by atoms with Gasteiger partial charge in [0, 0.05) is 18.5 Å². The zero-order valence-corrected chi connectivity index (χ0v) is 12.2. The number of nitrogens with two attached hydrogens (primary N) is 1. The molecular weight excluding hydrogens is 266 g/mol. The molecule has 1 saturated heterocycles. The summed E-state index contributed by atoms with van der Waals surface area (Å²) in [6.07, 6.45) is 3.84. The summed E-state index contributed by atoms with van der Waals surface area (Å²) in [6.45, 7) is 2.56. The number of piperidine rings is 1. The van der Waals surface area contributed by atoms with Crippen LogP contribution < -0.4 is 16.4 Å². The van der Waals surface area contributed by atoms with Crippen molar-refractivity contribution in [1.82, 2.24) is 10.6 Å². The monoisotopic (exact) mass is 289 g/mol. The largest absolute Gasteiger partial charge is 0.366 e. The predicted molar refractivity (Wildman–Crippen MR) is 81.6 cm³/mol. The Morgan fingerprint density at radius 3 is 2.76 bits per heavy atom. The summed E-state index contributed by atoms with van der Waals surface area (Å²) in [5.74, 6) is 0.280. The van der Waals surface area contributed by atoms with Gasteiger partial charge in [0.1, 0.15) is 0 Å². The quantitative estimate of drug-likeness (QED) is 0.735. The number of hydrogen-bond acceptors (Lipinski definition) is 3. The molecule has 1 aliphatic rings. The highest BCUT2D eigenvalue weighted by molar-refractivity contribution is 5.92. The smallest absolute Gasteiger partial charge is 0.248 e. The first-order valence-electron chi connectivity index (χ1n) is 7.51. The van der Waals surface area contributed by atoms with E-state index in [2.05, 4.69) is 10.6 Å². The summed E-state index contributed by atoms with van der Waals surface area (Å²) in [4.78, 5) is 23.0. The van der Waals surface area contributed by atoms with Crippen molar-refractivity contribution in [2.75, 3.05) is 13.1 Å². The van der Waals surface area contributed by atoms with Gasteiger partial charge >= 0.3 is 0 Å². The molecule has 1 aromatic carbocycles. The fraction of sp³-hybridized carbons (Fsp3) is 0.500. The highest BCUT2D eigenvalue weighted by Gasteiger charge is 2.14. The van der Waals surface area contributed by atoms with Gasteiger partial charge in [-0.3, -0.25) is 9.59 Å². The number of carbonyl (C=O) groups excluding carboxylic acids is 2. The van der Waals surface area contributed by atoms with Crippen LogP contribution >= 0.6 is 0 Å². The number of benzene rings is 1. The molecule has 5 nitrogen and oxygen atoms in total. The first-order chi connectivity index (χ1) is 10.1. The fourth-order valence-electron chi connectivity index (χ4n) is 2.63. The molecule has 2 rings (SSSR count). The van der Waals surface area contributed by atoms with E-state index in [1.54, 1.807) is 18.2 Å². The van der Waals surface area contributed by atoms with E-state index in [1.165, 1.54) is 0 Å². The van der Waals surface area contributed by atoms with Crippen LogP contribution in [0.3, 0.4) is 0 Å². The van der Waals surface area contributed by atoms with E-state index < -0.39 is 5.91 Å². The minimum Gasteiger partial charge on any atom is -0.366 e. The van der Waals surface area contributed by atoms with Gasteiger partial charge in [0.15, 0.2) is 0 Å². The molecule has 0 aromatic heterocycles. The van der Waals surface area contributed by atoms with Crippen molar-refractivity contribution >= 4 is 11.8 Å². The van der Waals surface area contributed by atoms with Gasteiger partial charge in [0.05, 0.1) is 0 Å². The number of rotatable bonds is 6. The number of hydrogen-bond donors (Lipinski definition) is 3. The minimum absolute atomic E-state index is 0.0676. The maximum atomic E-state index is 11.9. The maximum Gasteiger partial charge on any atom is 0.248 e. The van der Waals surface area contributed by atoms with Crippen molar-refractivity contribution in [3.8, 4) is 0 Å². The molecule has 5 heteroatoms. The second kappa shape index (κ2) is 7.78. The highest BCUT2D eigenvalue weighted by Crippen LogP contribution is 2.17. The van der Waals surface area contributed by atoms with E-state index in [0.717, 1.165) is 37.9 Å². The Kier molecular flexibility index (Phi) is 5.75. The third-order valence-electron chi connectivity index (χ3n) is 3.94. The van der Waals surface area contributed by atoms with Crippen molar-refractivity contribution in [3.05, 3.63) is 35.4 Å². The molecule has 0 bridgehead atoms. The van der Waals surface area contributed by atoms with E-state index in [9.17, 15) is 9.59 Å². The molecule has 1 aliphatic heterocycles. The second-order valence-electron chi connectivity index (χ2n) is 5.57. The third kappa shape index (κ3) is 5.19. The molecule has 0 aliphatic carbocycles. The zero-order chi connectivity index (χ0) is 15.1. The summed E-state index contributed by atoms with van der Waals surface area (Å²) in [5, 5.41) is 6.22. The molecule has 0 spiro atoms. The normalized spacial score (nSPS) is 15.6. The van der Waals surface area contributed by atoms with Gasteiger partial charge in [0.2, 0.25) is 11.8 Å². The molecule has 0 radical (unpaired) electrons. The van der Waals surface area contributed by atoms with E-state index in [4.69, 9.17) is 5.73 Å². The van der Waals surface area contributed by atoms with Crippen LogP contribution in [0.25, 0.3) is 0 Å². The van der Waals surface area contributed by atoms with Gasteiger partial charge in [0.25, 0.3) is 0 Å². The standard InChI is InChI=1S/C16H23N3O2/c17-16(21)14-3-1-2-13(10-14)11-19-15(20)5-4-12-6-8-18-9-7-12/h1-3,10,12,18H,4-9,11H2,(H2,17,21)(H,19,20). The first kappa shape index (κ1) is 15.5. The van der Waals surface area contributed by atoms with E-state index in [1.807, 2.05) is 6.07 Å². The lowest BCUT2D eigenvalue weighted by Crippen LogP contribution is -2.29. The van der Waals surface area contributed by atoms with E-state index in [-0.39, 0.29) is 5.91 Å². The maximum absolute atomic E-state index is 11.9. The van der Waals surface area contributed by atoms with Crippen molar-refractivity contribution in [3.63, 3.8) is 0 Å². The molecule has 1 heterocycles. The Bertz CT molecular complexity index is 496. The summed E-state index contributed by atoms with van der Waals surface area (Å²) in [5.41, 5.74) is 6.60. The average Bonchev–Trinajstić information content (AvgIpc) is 2.52. The van der Waals surface area contributed by atoms with Gasteiger partial charge in [-0.25, -0.2) is 0 Å². The fourth-order valence-corrected chi connectivity index (χ4v) is 2.63. The van der Waals surface area contributed by atoms with Crippen LogP contribution in [0.2, 0.25) is 0 Å². The van der Waals surface area contributed by atoms with E-state index in [0.29, 0.717) is 24.4 Å². The Morgan fingerprint density at radius 1 is 1.29 bits per heavy atom. The van der Waals surface area contributed by atoms with Crippen molar-refractivity contribution in [1.29, 1.82) is 0 Å². The molecule has 1 fully saturated rings. The van der Waals surface area contributed by atoms with Crippen LogP contribution in [-0.2, 0) is 11.3 Å². The Labute approximate surface area is 125 Å². The minimum atomic E-state index is -0.450. The molecule has 0 atom stereocenters. The van der Waals surface area contributed by atoms with Crippen molar-refractivity contribution in [2.45, 2.75) is 32.2 Å². The molecule has 114 valence electrons. The number of primary amides is 1. The average molecular weight is 289 g/mol. The van der Waals surface area contributed by atoms with Crippen LogP contribution in [0.4, 0.5) is 0 Å². The molecule has 21 heavy (non-hydrogen) atoms. The molecule has 1 aromatic rings. The van der Waals surface area contributed by atoms with Crippen LogP contribution in [0.15, 0.2) is 24.3 Å². The van der Waals surface area contributed by atoms with Gasteiger partial charge < -0.3 is 16.4 Å². The molecule has 0 unspecified atom stereocenters. The zero-order valence-electron chi connectivity index (χ0n) is 12.2. The van der Waals surface area contributed by atoms with E-state index >= 15 is 0 Å². The van der Waals surface area contributed by atoms with Gasteiger partial charge in [-0.1, -0.05) is 12.1 Å². The van der Waals surface area contributed by atoms with Crippen LogP contribution in [-0.4, -0.2) is 24.9 Å². The van der Waals surface area contributed by atoms with Crippen molar-refractivity contribution < 1.29 is 9.59 Å². The lowest BCUT2D eigenvalue weighted by Gasteiger charge is -2.22. The molecule has 0 saturated carbocycles. The summed E-state index contributed by atoms with van der Waals surface area (Å²) in [7, 11) is 0. The number of amides is 2. The van der Waals surface area contributed by atoms with Crippen LogP contribution in [0.5, 0.6) is 0 Å². The lowest BCUT2D eigenvalue weighted by molar-refractivity contribution is -0.121. The van der Waals surface area contributed by atoms with Crippen LogP contribution in [0.1, 0.15) is 41.6 Å². The van der Waals surface area contributed by atoms with Crippen molar-refractivity contribution in [2.24, 2.45) is 11.7 Å². The third-order valence-corrected chi connectivity index (χ3v) is 3.94. The van der Waals surface area contributed by atoms with Crippen LogP contribution in [0, 0.1) is 5.92 Å². The highest BCUT2D eigenvalue weighted by atomic mass is 16.1. The number of nitrogens with one attached hydrogen (secondary N) is 2. The molecular formula is C16H23N3O2. The Hall–Kier alpha value is -1.88. The van der Waals surface area contributed by atoms with Gasteiger partial charge in [-0.05, 0) is 56.0 Å². The lowest BCUT2D eigenvalue weighted by atomic mass is 9.93. The molecule has 4 N–H and O–H groups in total. The van der Waals surface area contributed by atoms with Gasteiger partial charge in [-0.15, -0.1) is 0 Å².